The molecule has 0 radical (unpaired) electrons. The third-order valence-corrected chi connectivity index (χ3v) is 7.66. The number of rotatable bonds is 7. The number of alkyl halides is 3. The van der Waals surface area contributed by atoms with E-state index in [1.807, 2.05) is 14.0 Å². The highest BCUT2D eigenvalue weighted by molar-refractivity contribution is 7.13. The number of carboxylic acids is 1. The second kappa shape index (κ2) is 10.9. The second-order valence-electron chi connectivity index (χ2n) is 9.77. The molecule has 1 aromatic carbocycles. The fourth-order valence-electron chi connectivity index (χ4n) is 4.75. The van der Waals surface area contributed by atoms with E-state index in [1.54, 1.807) is 12.1 Å². The molecule has 1 saturated heterocycles. The highest BCUT2D eigenvalue weighted by atomic mass is 32.1. The maximum Gasteiger partial charge on any atom is 0.434 e. The number of nitrogens with one attached hydrogen (secondary N) is 3. The van der Waals surface area contributed by atoms with Crippen LogP contribution in [0.2, 0.25) is 0 Å². The molecule has 1 fully saturated rings. The minimum atomic E-state index is -4.66. The average Bonchev–Trinajstić information content (AvgIpc) is 3.41. The first kappa shape index (κ1) is 28.2. The van der Waals surface area contributed by atoms with Crippen molar-refractivity contribution in [2.45, 2.75) is 25.4 Å². The molecule has 2 amide bonds. The summed E-state index contributed by atoms with van der Waals surface area (Å²) >= 11 is 0.786. The van der Waals surface area contributed by atoms with Crippen molar-refractivity contribution in [3.05, 3.63) is 63.0 Å². The third kappa shape index (κ3) is 5.65. The zero-order valence-corrected chi connectivity index (χ0v) is 22.7. The number of hydrogen-bond acceptors (Lipinski definition) is 7. The van der Waals surface area contributed by atoms with Gasteiger partial charge >= 0.3 is 18.2 Å². The lowest BCUT2D eigenvalue weighted by atomic mass is 9.84. The summed E-state index contributed by atoms with van der Waals surface area (Å²) in [5.41, 5.74) is 0.219. The summed E-state index contributed by atoms with van der Waals surface area (Å²) in [4.78, 5) is 50.2. The Kier molecular flexibility index (Phi) is 7.53. The van der Waals surface area contributed by atoms with Gasteiger partial charge in [0.15, 0.2) is 5.69 Å². The van der Waals surface area contributed by atoms with Gasteiger partial charge in [-0.1, -0.05) is 6.92 Å². The topological polar surface area (TPSA) is 140 Å². The van der Waals surface area contributed by atoms with Gasteiger partial charge in [0.1, 0.15) is 16.4 Å². The number of carbonyl (C=O) groups excluding carboxylic acids is 1. The lowest BCUT2D eigenvalue weighted by Crippen LogP contribution is -2.42. The standard InChI is InChI=1S/C27H25F3N6O4S/c1-3-4-31-26(40)35-22-7-16(24-34-21(12-41-24)27(28,29)30)18(8-33-22)15-5-17-20(6-14(15)13-10-36(2)11-13)32-9-19(23(17)37)25(38)39/h5-9,12-13H,3-4,10-11H2,1-2H3,(H,32,37)(H,38,39)(H2,31,33,35,40). The van der Waals surface area contributed by atoms with E-state index in [4.69, 9.17) is 0 Å². The number of carboxylic acid groups (broad SMARTS) is 1. The first-order chi connectivity index (χ1) is 19.5. The quantitative estimate of drug-likeness (QED) is 0.239. The molecule has 14 heteroatoms. The fourth-order valence-corrected chi connectivity index (χ4v) is 5.61. The van der Waals surface area contributed by atoms with E-state index in [1.165, 1.54) is 12.3 Å². The maximum atomic E-state index is 13.5. The maximum absolute atomic E-state index is 13.5. The Morgan fingerprint density at radius 1 is 1.20 bits per heavy atom. The van der Waals surface area contributed by atoms with Gasteiger partial charge < -0.3 is 20.3 Å². The number of likely N-dealkylation sites (N-methyl/N-ethyl adjacent to an activating group) is 1. The monoisotopic (exact) mass is 586 g/mol. The van der Waals surface area contributed by atoms with Crippen LogP contribution < -0.4 is 16.1 Å². The van der Waals surface area contributed by atoms with E-state index in [9.17, 15) is 32.7 Å². The van der Waals surface area contributed by atoms with Gasteiger partial charge in [-0.3, -0.25) is 10.1 Å². The van der Waals surface area contributed by atoms with Gasteiger partial charge in [0.2, 0.25) is 5.43 Å². The van der Waals surface area contributed by atoms with Crippen LogP contribution in [0.4, 0.5) is 23.8 Å². The van der Waals surface area contributed by atoms with E-state index in [-0.39, 0.29) is 27.7 Å². The number of urea groups is 1. The van der Waals surface area contributed by atoms with Crippen LogP contribution in [0.3, 0.4) is 0 Å². The summed E-state index contributed by atoms with van der Waals surface area (Å²) in [5, 5.41) is 15.8. The number of hydrogen-bond donors (Lipinski definition) is 4. The van der Waals surface area contributed by atoms with E-state index in [2.05, 4.69) is 30.5 Å². The van der Waals surface area contributed by atoms with E-state index >= 15 is 0 Å². The number of fused-ring (bicyclic) bond motifs is 1. The zero-order chi connectivity index (χ0) is 29.5. The molecule has 1 aliphatic rings. The molecule has 41 heavy (non-hydrogen) atoms. The predicted octanol–water partition coefficient (Wildman–Crippen LogP) is 4.99. The molecule has 4 heterocycles. The van der Waals surface area contributed by atoms with Gasteiger partial charge in [-0.15, -0.1) is 11.3 Å². The number of nitrogens with zero attached hydrogens (tertiary/aromatic N) is 3. The van der Waals surface area contributed by atoms with Gasteiger partial charge in [0.05, 0.1) is 0 Å². The molecule has 0 bridgehead atoms. The first-order valence-corrected chi connectivity index (χ1v) is 13.5. The summed E-state index contributed by atoms with van der Waals surface area (Å²) in [7, 11) is 1.95. The number of pyridine rings is 2. The van der Waals surface area contributed by atoms with Crippen molar-refractivity contribution in [3.63, 3.8) is 0 Å². The Labute approximate surface area is 235 Å². The Balaban J connectivity index is 1.73. The highest BCUT2D eigenvalue weighted by Gasteiger charge is 2.35. The van der Waals surface area contributed by atoms with Crippen molar-refractivity contribution in [2.75, 3.05) is 32.0 Å². The number of aromatic nitrogens is 3. The molecule has 0 saturated carbocycles. The second-order valence-corrected chi connectivity index (χ2v) is 10.6. The molecule has 4 aromatic rings. The molecule has 0 atom stereocenters. The normalized spacial score (nSPS) is 14.2. The number of likely N-dealkylation sites (tertiary alicyclic amines) is 1. The number of benzene rings is 1. The Bertz CT molecular complexity index is 1710. The van der Waals surface area contributed by atoms with Gasteiger partial charge in [-0.2, -0.15) is 13.2 Å². The number of aromatic carboxylic acids is 1. The minimum absolute atomic E-state index is 0.0366. The summed E-state index contributed by atoms with van der Waals surface area (Å²) in [6.45, 7) is 3.70. The summed E-state index contributed by atoms with van der Waals surface area (Å²) < 4.78 is 40.4. The van der Waals surface area contributed by atoms with Crippen LogP contribution in [0, 0.1) is 0 Å². The first-order valence-electron chi connectivity index (χ1n) is 12.7. The Morgan fingerprint density at radius 3 is 2.59 bits per heavy atom. The van der Waals surface area contributed by atoms with Crippen LogP contribution in [0.25, 0.3) is 32.6 Å². The molecular weight excluding hydrogens is 561 g/mol. The van der Waals surface area contributed by atoms with Crippen molar-refractivity contribution in [3.8, 4) is 21.7 Å². The number of anilines is 1. The Hall–Kier alpha value is -4.30. The molecule has 0 unspecified atom stereocenters. The van der Waals surface area contributed by atoms with Crippen molar-refractivity contribution in [1.29, 1.82) is 0 Å². The third-order valence-electron chi connectivity index (χ3n) is 6.78. The van der Waals surface area contributed by atoms with Crippen LogP contribution in [0.1, 0.15) is 40.9 Å². The van der Waals surface area contributed by atoms with Crippen molar-refractivity contribution >= 4 is 40.1 Å². The van der Waals surface area contributed by atoms with Gasteiger partial charge in [-0.25, -0.2) is 19.6 Å². The van der Waals surface area contributed by atoms with Crippen molar-refractivity contribution in [1.82, 2.24) is 25.2 Å². The number of aromatic amines is 1. The summed E-state index contributed by atoms with van der Waals surface area (Å²) in [5.74, 6) is -1.26. The Morgan fingerprint density at radius 2 is 1.95 bits per heavy atom. The average molecular weight is 587 g/mol. The molecular formula is C27H25F3N6O4S. The predicted molar refractivity (Wildman–Crippen MR) is 148 cm³/mol. The SMILES string of the molecule is CCCNC(=O)Nc1cc(-c2nc(C(F)(F)F)cs2)c(-c2cc3c(=O)c(C(=O)O)c[nH]c3cc2C2CN(C)C2)cn1. The largest absolute Gasteiger partial charge is 0.477 e. The number of carbonyl (C=O) groups is 2. The number of amides is 2. The highest BCUT2D eigenvalue weighted by Crippen LogP contribution is 2.42. The number of halogens is 3. The van der Waals surface area contributed by atoms with E-state index in [0.717, 1.165) is 28.5 Å². The zero-order valence-electron chi connectivity index (χ0n) is 21.9. The van der Waals surface area contributed by atoms with Crippen LogP contribution in [-0.2, 0) is 6.18 Å². The fraction of sp³-hybridized carbons (Fsp3) is 0.296. The number of thiazole rings is 1. The molecule has 0 spiro atoms. The summed E-state index contributed by atoms with van der Waals surface area (Å²) in [6, 6.07) is 4.24. The molecule has 214 valence electrons. The van der Waals surface area contributed by atoms with Gasteiger partial charge in [0.25, 0.3) is 0 Å². The molecule has 10 nitrogen and oxygen atoms in total. The van der Waals surface area contributed by atoms with Crippen LogP contribution in [0.15, 0.2) is 40.8 Å². The lowest BCUT2D eigenvalue weighted by molar-refractivity contribution is -0.140. The minimum Gasteiger partial charge on any atom is -0.477 e. The summed E-state index contributed by atoms with van der Waals surface area (Å²) in [6.07, 6.45) is -1.39. The molecule has 4 N–H and O–H groups in total. The van der Waals surface area contributed by atoms with Crippen LogP contribution >= 0.6 is 11.3 Å². The van der Waals surface area contributed by atoms with Crippen molar-refractivity contribution < 1.29 is 27.9 Å². The number of H-pyrrole nitrogens is 1. The molecule has 3 aromatic heterocycles. The molecule has 5 rings (SSSR count). The smallest absolute Gasteiger partial charge is 0.434 e. The lowest BCUT2D eigenvalue weighted by Gasteiger charge is -2.37. The molecule has 1 aliphatic heterocycles. The van der Waals surface area contributed by atoms with Crippen LogP contribution in [-0.4, -0.2) is 63.6 Å². The van der Waals surface area contributed by atoms with Gasteiger partial charge in [0, 0.05) is 65.4 Å². The van der Waals surface area contributed by atoms with E-state index in [0.29, 0.717) is 42.7 Å². The van der Waals surface area contributed by atoms with Gasteiger partial charge in [-0.05, 0) is 42.8 Å². The van der Waals surface area contributed by atoms with Crippen LogP contribution in [0.5, 0.6) is 0 Å². The van der Waals surface area contributed by atoms with Crippen molar-refractivity contribution in [2.24, 2.45) is 0 Å². The molecule has 0 aliphatic carbocycles. The van der Waals surface area contributed by atoms with E-state index < -0.39 is 34.9 Å².